The van der Waals surface area contributed by atoms with Crippen molar-refractivity contribution in [2.75, 3.05) is 12.4 Å². The van der Waals surface area contributed by atoms with E-state index in [0.29, 0.717) is 0 Å². The van der Waals surface area contributed by atoms with Gasteiger partial charge >= 0.3 is 0 Å². The largest absolute Gasteiger partial charge is 0.497 e. The van der Waals surface area contributed by atoms with Crippen LogP contribution in [0.2, 0.25) is 0 Å². The molecule has 6 nitrogen and oxygen atoms in total. The molecular formula is C26H22N4O2. The first-order valence-corrected chi connectivity index (χ1v) is 10.6. The predicted molar refractivity (Wildman–Crippen MR) is 123 cm³/mol. The van der Waals surface area contributed by atoms with Crippen molar-refractivity contribution in [1.29, 1.82) is 0 Å². The number of rotatable bonds is 3. The Morgan fingerprint density at radius 2 is 1.69 bits per heavy atom. The van der Waals surface area contributed by atoms with E-state index in [4.69, 9.17) is 9.47 Å². The van der Waals surface area contributed by atoms with E-state index in [1.54, 1.807) is 13.4 Å². The number of nitrogens with one attached hydrogen (secondary N) is 1. The van der Waals surface area contributed by atoms with Gasteiger partial charge in [0.05, 0.1) is 12.8 Å². The Morgan fingerprint density at radius 1 is 0.938 bits per heavy atom. The van der Waals surface area contributed by atoms with Crippen molar-refractivity contribution in [1.82, 2.24) is 14.8 Å². The molecule has 1 aromatic heterocycles. The zero-order valence-corrected chi connectivity index (χ0v) is 17.8. The minimum absolute atomic E-state index is 0.148. The number of para-hydroxylation sites is 1. The van der Waals surface area contributed by atoms with Crippen LogP contribution in [0.25, 0.3) is 5.70 Å². The summed E-state index contributed by atoms with van der Waals surface area (Å²) in [6, 6.07) is 24.6. The first-order chi connectivity index (χ1) is 15.7. The number of benzene rings is 3. The van der Waals surface area contributed by atoms with E-state index in [-0.39, 0.29) is 12.1 Å². The summed E-state index contributed by atoms with van der Waals surface area (Å²) in [5, 5.41) is 8.11. The SMILES string of the molecule is COc1ccc([C@H]2Oc3ccccc3C3=C2[C@@H](c2ccc(C)cc2)n2ncnc2N3)cc1. The van der Waals surface area contributed by atoms with E-state index in [0.717, 1.165) is 45.4 Å². The van der Waals surface area contributed by atoms with Crippen molar-refractivity contribution in [2.45, 2.75) is 19.1 Å². The predicted octanol–water partition coefficient (Wildman–Crippen LogP) is 5.16. The third-order valence-electron chi connectivity index (χ3n) is 6.13. The lowest BCUT2D eigenvalue weighted by molar-refractivity contribution is 0.223. The van der Waals surface area contributed by atoms with Crippen molar-refractivity contribution < 1.29 is 9.47 Å². The molecule has 0 aliphatic carbocycles. The van der Waals surface area contributed by atoms with Gasteiger partial charge in [0.1, 0.15) is 30.0 Å². The fraction of sp³-hybridized carbons (Fsp3) is 0.154. The monoisotopic (exact) mass is 422 g/mol. The van der Waals surface area contributed by atoms with E-state index in [9.17, 15) is 0 Å². The number of hydrogen-bond donors (Lipinski definition) is 1. The fourth-order valence-electron chi connectivity index (χ4n) is 4.54. The molecule has 0 radical (unpaired) electrons. The minimum Gasteiger partial charge on any atom is -0.497 e. The van der Waals surface area contributed by atoms with Crippen molar-refractivity contribution in [3.63, 3.8) is 0 Å². The topological polar surface area (TPSA) is 61.2 Å². The summed E-state index contributed by atoms with van der Waals surface area (Å²) >= 11 is 0. The molecule has 0 spiro atoms. The first-order valence-electron chi connectivity index (χ1n) is 10.6. The number of methoxy groups -OCH3 is 1. The molecule has 2 aliphatic rings. The van der Waals surface area contributed by atoms with Gasteiger partial charge in [-0.15, -0.1) is 0 Å². The molecule has 0 saturated heterocycles. The molecule has 3 aromatic carbocycles. The van der Waals surface area contributed by atoms with Crippen LogP contribution in [0.15, 0.2) is 84.7 Å². The van der Waals surface area contributed by atoms with E-state index < -0.39 is 0 Å². The normalized spacial score (nSPS) is 18.7. The Hall–Kier alpha value is -4.06. The van der Waals surface area contributed by atoms with E-state index in [1.165, 1.54) is 5.56 Å². The summed E-state index contributed by atoms with van der Waals surface area (Å²) in [6.07, 6.45) is 1.30. The summed E-state index contributed by atoms with van der Waals surface area (Å²) in [5.74, 6) is 2.38. The molecule has 0 fully saturated rings. The zero-order chi connectivity index (χ0) is 21.7. The van der Waals surface area contributed by atoms with Gasteiger partial charge in [0, 0.05) is 11.1 Å². The van der Waals surface area contributed by atoms with Gasteiger partial charge in [-0.1, -0.05) is 54.1 Å². The maximum absolute atomic E-state index is 6.63. The molecule has 3 heterocycles. The zero-order valence-electron chi connectivity index (χ0n) is 17.8. The first kappa shape index (κ1) is 18.7. The van der Waals surface area contributed by atoms with Crippen LogP contribution in [0, 0.1) is 6.92 Å². The van der Waals surface area contributed by atoms with Crippen molar-refractivity contribution >= 4 is 11.6 Å². The second-order valence-corrected chi connectivity index (χ2v) is 8.06. The third-order valence-corrected chi connectivity index (χ3v) is 6.13. The van der Waals surface area contributed by atoms with Crippen LogP contribution in [-0.2, 0) is 0 Å². The van der Waals surface area contributed by atoms with Crippen LogP contribution in [0.1, 0.15) is 34.4 Å². The molecule has 32 heavy (non-hydrogen) atoms. The lowest BCUT2D eigenvalue weighted by atomic mass is 9.84. The van der Waals surface area contributed by atoms with Gasteiger partial charge in [0.25, 0.3) is 0 Å². The van der Waals surface area contributed by atoms with Crippen LogP contribution < -0.4 is 14.8 Å². The van der Waals surface area contributed by atoms with Crippen LogP contribution >= 0.6 is 0 Å². The van der Waals surface area contributed by atoms with Crippen LogP contribution in [0.4, 0.5) is 5.95 Å². The highest BCUT2D eigenvalue weighted by Gasteiger charge is 2.40. The summed E-state index contributed by atoms with van der Waals surface area (Å²) in [7, 11) is 1.67. The number of aromatic nitrogens is 3. The number of hydrogen-bond acceptors (Lipinski definition) is 5. The Balaban J connectivity index is 1.60. The highest BCUT2D eigenvalue weighted by molar-refractivity contribution is 5.85. The molecule has 0 amide bonds. The summed E-state index contributed by atoms with van der Waals surface area (Å²) in [5.41, 5.74) is 6.56. The van der Waals surface area contributed by atoms with Crippen molar-refractivity contribution in [3.05, 3.63) is 107 Å². The lowest BCUT2D eigenvalue weighted by Crippen LogP contribution is -2.32. The van der Waals surface area contributed by atoms with Gasteiger partial charge in [-0.2, -0.15) is 10.1 Å². The van der Waals surface area contributed by atoms with Crippen LogP contribution in [-0.4, -0.2) is 21.9 Å². The summed E-state index contributed by atoms with van der Waals surface area (Å²) < 4.78 is 13.9. The Kier molecular flexibility index (Phi) is 4.24. The number of aryl methyl sites for hydroxylation is 1. The average molecular weight is 422 g/mol. The van der Waals surface area contributed by atoms with Gasteiger partial charge in [0.15, 0.2) is 0 Å². The Bertz CT molecular complexity index is 1320. The smallest absolute Gasteiger partial charge is 0.226 e. The van der Waals surface area contributed by atoms with E-state index in [1.807, 2.05) is 35.0 Å². The van der Waals surface area contributed by atoms with Crippen LogP contribution in [0.5, 0.6) is 11.5 Å². The standard InChI is InChI=1S/C26H22N4O2/c1-16-7-9-17(10-8-16)24-22-23(29-26-27-15-28-30(24)26)20-5-3-4-6-21(20)32-25(22)18-11-13-19(31-2)14-12-18/h3-15,24-25H,1-2H3,(H,27,28,29)/t24-,25-/m1/s1. The molecule has 158 valence electrons. The van der Waals surface area contributed by atoms with Crippen molar-refractivity contribution in [2.24, 2.45) is 0 Å². The highest BCUT2D eigenvalue weighted by atomic mass is 16.5. The van der Waals surface area contributed by atoms with Gasteiger partial charge in [0.2, 0.25) is 5.95 Å². The molecule has 0 unspecified atom stereocenters. The Morgan fingerprint density at radius 3 is 2.47 bits per heavy atom. The molecule has 0 saturated carbocycles. The van der Waals surface area contributed by atoms with Gasteiger partial charge in [-0.05, 0) is 42.3 Å². The van der Waals surface area contributed by atoms with Crippen molar-refractivity contribution in [3.8, 4) is 11.5 Å². The lowest BCUT2D eigenvalue weighted by Gasteiger charge is -2.39. The summed E-state index contributed by atoms with van der Waals surface area (Å²) in [6.45, 7) is 2.10. The molecule has 6 heteroatoms. The molecule has 6 rings (SSSR count). The highest BCUT2D eigenvalue weighted by Crippen LogP contribution is 2.50. The fourth-order valence-corrected chi connectivity index (χ4v) is 4.54. The molecule has 1 N–H and O–H groups in total. The average Bonchev–Trinajstić information content (AvgIpc) is 3.31. The van der Waals surface area contributed by atoms with Gasteiger partial charge in [-0.3, -0.25) is 0 Å². The quantitative estimate of drug-likeness (QED) is 0.494. The van der Waals surface area contributed by atoms with Crippen LogP contribution in [0.3, 0.4) is 0 Å². The second kappa shape index (κ2) is 7.27. The minimum atomic E-state index is -0.290. The molecule has 0 bridgehead atoms. The maximum atomic E-state index is 6.63. The van der Waals surface area contributed by atoms with Gasteiger partial charge < -0.3 is 14.8 Å². The number of fused-ring (bicyclic) bond motifs is 3. The Labute approximate surface area is 186 Å². The second-order valence-electron chi connectivity index (χ2n) is 8.06. The molecule has 2 aliphatic heterocycles. The number of nitrogens with zero attached hydrogens (tertiary/aromatic N) is 3. The number of ether oxygens (including phenoxy) is 2. The molecule has 4 aromatic rings. The third kappa shape index (κ3) is 2.87. The van der Waals surface area contributed by atoms with E-state index >= 15 is 0 Å². The van der Waals surface area contributed by atoms with E-state index in [2.05, 4.69) is 64.8 Å². The number of anilines is 1. The van der Waals surface area contributed by atoms with Gasteiger partial charge in [-0.25, -0.2) is 4.68 Å². The molecular weight excluding hydrogens is 400 g/mol. The maximum Gasteiger partial charge on any atom is 0.226 e. The molecule has 2 atom stereocenters. The summed E-state index contributed by atoms with van der Waals surface area (Å²) in [4.78, 5) is 4.48.